The van der Waals surface area contributed by atoms with E-state index in [0.717, 1.165) is 18.5 Å². The van der Waals surface area contributed by atoms with Gasteiger partial charge in [0.25, 0.3) is 5.91 Å². The molecule has 7 nitrogen and oxygen atoms in total. The molecule has 0 bridgehead atoms. The Labute approximate surface area is 139 Å². The maximum Gasteiger partial charge on any atom is 0.305 e. The van der Waals surface area contributed by atoms with Gasteiger partial charge in [-0.1, -0.05) is 0 Å². The highest BCUT2D eigenvalue weighted by Gasteiger charge is 2.38. The molecule has 24 heavy (non-hydrogen) atoms. The number of aromatic nitrogens is 1. The summed E-state index contributed by atoms with van der Waals surface area (Å²) in [5, 5.41) is 12.1. The number of ketones is 1. The lowest BCUT2D eigenvalue weighted by Crippen LogP contribution is -2.53. The molecule has 7 heteroatoms. The standard InChI is InChI=1S/C17H22N2O5/c1-10-14-11(3-2-4-12(14)20)18-15(10)16(23)19-17(9-13(21)22)5-7-24-8-6-17/h18H,2-9H2,1H3,(H,19,23)(H,21,22). The van der Waals surface area contributed by atoms with Gasteiger partial charge in [0.15, 0.2) is 5.78 Å². The fourth-order valence-corrected chi connectivity index (χ4v) is 3.70. The number of carboxylic acids is 1. The molecular weight excluding hydrogens is 312 g/mol. The molecule has 2 aliphatic rings. The molecule has 130 valence electrons. The average Bonchev–Trinajstić information content (AvgIpc) is 2.86. The molecule has 0 atom stereocenters. The molecule has 0 aromatic carbocycles. The average molecular weight is 334 g/mol. The predicted molar refractivity (Wildman–Crippen MR) is 85.3 cm³/mol. The van der Waals surface area contributed by atoms with Crippen molar-refractivity contribution in [1.29, 1.82) is 0 Å². The van der Waals surface area contributed by atoms with E-state index in [9.17, 15) is 19.5 Å². The van der Waals surface area contributed by atoms with E-state index in [1.807, 2.05) is 0 Å². The second kappa shape index (κ2) is 6.39. The van der Waals surface area contributed by atoms with Gasteiger partial charge in [0, 0.05) is 30.9 Å². The van der Waals surface area contributed by atoms with Crippen LogP contribution < -0.4 is 5.32 Å². The third-order valence-electron chi connectivity index (χ3n) is 4.98. The molecule has 1 aliphatic carbocycles. The zero-order valence-corrected chi connectivity index (χ0v) is 13.7. The Balaban J connectivity index is 1.86. The highest BCUT2D eigenvalue weighted by Crippen LogP contribution is 2.29. The molecule has 1 aromatic heterocycles. The Morgan fingerprint density at radius 3 is 2.62 bits per heavy atom. The first-order valence-corrected chi connectivity index (χ1v) is 8.28. The first-order chi connectivity index (χ1) is 11.4. The van der Waals surface area contributed by atoms with Crippen molar-refractivity contribution in [2.75, 3.05) is 13.2 Å². The van der Waals surface area contributed by atoms with E-state index in [2.05, 4.69) is 10.3 Å². The van der Waals surface area contributed by atoms with Crippen LogP contribution in [0.25, 0.3) is 0 Å². The monoisotopic (exact) mass is 334 g/mol. The molecule has 1 aliphatic heterocycles. The number of nitrogens with one attached hydrogen (secondary N) is 2. The highest BCUT2D eigenvalue weighted by atomic mass is 16.5. The number of rotatable bonds is 4. The van der Waals surface area contributed by atoms with E-state index < -0.39 is 11.5 Å². The van der Waals surface area contributed by atoms with Gasteiger partial charge >= 0.3 is 5.97 Å². The number of aliphatic carboxylic acids is 1. The molecule has 0 radical (unpaired) electrons. The second-order valence-corrected chi connectivity index (χ2v) is 6.67. The first kappa shape index (κ1) is 16.7. The number of Topliss-reactive ketones (excluding diaryl/α,β-unsaturated/α-hetero) is 1. The van der Waals surface area contributed by atoms with Crippen LogP contribution in [-0.2, 0) is 16.0 Å². The first-order valence-electron chi connectivity index (χ1n) is 8.28. The van der Waals surface area contributed by atoms with Gasteiger partial charge in [0.1, 0.15) is 5.69 Å². The normalized spacial score (nSPS) is 19.6. The topological polar surface area (TPSA) is 108 Å². The SMILES string of the molecule is Cc1c(C(=O)NC2(CC(=O)O)CCOCC2)[nH]c2c1C(=O)CCC2. The lowest BCUT2D eigenvalue weighted by molar-refractivity contribution is -0.139. The smallest absolute Gasteiger partial charge is 0.305 e. The molecule has 0 saturated carbocycles. The molecule has 1 fully saturated rings. The summed E-state index contributed by atoms with van der Waals surface area (Å²) in [5.41, 5.74) is 1.67. The number of carboxylic acid groups (broad SMARTS) is 1. The molecule has 3 N–H and O–H groups in total. The van der Waals surface area contributed by atoms with Crippen molar-refractivity contribution in [3.05, 3.63) is 22.5 Å². The Morgan fingerprint density at radius 1 is 1.29 bits per heavy atom. The number of aromatic amines is 1. The van der Waals surface area contributed by atoms with Crippen LogP contribution in [-0.4, -0.2) is 46.5 Å². The van der Waals surface area contributed by atoms with E-state index in [-0.39, 0.29) is 18.1 Å². The summed E-state index contributed by atoms with van der Waals surface area (Å²) in [6.45, 7) is 2.61. The molecule has 0 spiro atoms. The van der Waals surface area contributed by atoms with Crippen LogP contribution in [0.5, 0.6) is 0 Å². The van der Waals surface area contributed by atoms with E-state index in [0.29, 0.717) is 49.3 Å². The Bertz CT molecular complexity index is 685. The minimum Gasteiger partial charge on any atom is -0.481 e. The number of amides is 1. The summed E-state index contributed by atoms with van der Waals surface area (Å²) in [4.78, 5) is 39.1. The van der Waals surface area contributed by atoms with Crippen LogP contribution in [0, 0.1) is 6.92 Å². The van der Waals surface area contributed by atoms with Gasteiger partial charge in [-0.3, -0.25) is 14.4 Å². The Kier molecular flexibility index (Phi) is 4.45. The number of hydrogen-bond acceptors (Lipinski definition) is 4. The number of aryl methyl sites for hydroxylation is 1. The van der Waals surface area contributed by atoms with E-state index >= 15 is 0 Å². The van der Waals surface area contributed by atoms with Crippen molar-refractivity contribution < 1.29 is 24.2 Å². The second-order valence-electron chi connectivity index (χ2n) is 6.67. The van der Waals surface area contributed by atoms with Crippen LogP contribution in [0.3, 0.4) is 0 Å². The number of carbonyl (C=O) groups excluding carboxylic acids is 2. The van der Waals surface area contributed by atoms with Crippen molar-refractivity contribution in [2.24, 2.45) is 0 Å². The molecule has 0 unspecified atom stereocenters. The molecule has 1 aromatic rings. The van der Waals surface area contributed by atoms with Crippen LogP contribution in [0.15, 0.2) is 0 Å². The van der Waals surface area contributed by atoms with E-state index in [1.54, 1.807) is 6.92 Å². The van der Waals surface area contributed by atoms with Gasteiger partial charge in [-0.2, -0.15) is 0 Å². The Morgan fingerprint density at radius 2 is 2.00 bits per heavy atom. The van der Waals surface area contributed by atoms with Crippen molar-refractivity contribution in [2.45, 2.75) is 51.0 Å². The quantitative estimate of drug-likeness (QED) is 0.775. The van der Waals surface area contributed by atoms with Gasteiger partial charge in [0.2, 0.25) is 0 Å². The van der Waals surface area contributed by atoms with Gasteiger partial charge < -0.3 is 20.1 Å². The van der Waals surface area contributed by atoms with Crippen LogP contribution >= 0.6 is 0 Å². The number of carbonyl (C=O) groups is 3. The van der Waals surface area contributed by atoms with Crippen molar-refractivity contribution >= 4 is 17.7 Å². The Hall–Kier alpha value is -2.15. The van der Waals surface area contributed by atoms with Gasteiger partial charge in [-0.15, -0.1) is 0 Å². The lowest BCUT2D eigenvalue weighted by atomic mass is 9.86. The van der Waals surface area contributed by atoms with Crippen molar-refractivity contribution in [1.82, 2.24) is 10.3 Å². The fourth-order valence-electron chi connectivity index (χ4n) is 3.70. The lowest BCUT2D eigenvalue weighted by Gasteiger charge is -2.36. The molecule has 2 heterocycles. The number of ether oxygens (including phenoxy) is 1. The van der Waals surface area contributed by atoms with Gasteiger partial charge in [-0.25, -0.2) is 0 Å². The maximum atomic E-state index is 12.8. The van der Waals surface area contributed by atoms with E-state index in [1.165, 1.54) is 0 Å². The largest absolute Gasteiger partial charge is 0.481 e. The van der Waals surface area contributed by atoms with Crippen molar-refractivity contribution in [3.63, 3.8) is 0 Å². The summed E-state index contributed by atoms with van der Waals surface area (Å²) in [6.07, 6.45) is 2.83. The zero-order chi connectivity index (χ0) is 17.3. The summed E-state index contributed by atoms with van der Waals surface area (Å²) in [5.74, 6) is -1.23. The molecule has 1 amide bonds. The molecule has 1 saturated heterocycles. The maximum absolute atomic E-state index is 12.8. The minimum atomic E-state index is -0.949. The van der Waals surface area contributed by atoms with Crippen LogP contribution in [0.4, 0.5) is 0 Å². The fraction of sp³-hybridized carbons (Fsp3) is 0.588. The van der Waals surface area contributed by atoms with Gasteiger partial charge in [-0.05, 0) is 38.2 Å². The third-order valence-corrected chi connectivity index (χ3v) is 4.98. The third kappa shape index (κ3) is 3.08. The minimum absolute atomic E-state index is 0.0652. The number of H-pyrrole nitrogens is 1. The number of hydrogen-bond donors (Lipinski definition) is 3. The summed E-state index contributed by atoms with van der Waals surface area (Å²) in [6, 6.07) is 0. The zero-order valence-electron chi connectivity index (χ0n) is 13.7. The molecule has 3 rings (SSSR count). The van der Waals surface area contributed by atoms with E-state index in [4.69, 9.17) is 4.74 Å². The van der Waals surface area contributed by atoms with Crippen LogP contribution in [0.1, 0.15) is 64.2 Å². The summed E-state index contributed by atoms with van der Waals surface area (Å²) >= 11 is 0. The molecular formula is C17H22N2O5. The highest BCUT2D eigenvalue weighted by molar-refractivity contribution is 6.04. The van der Waals surface area contributed by atoms with Gasteiger partial charge in [0.05, 0.1) is 12.0 Å². The van der Waals surface area contributed by atoms with Crippen molar-refractivity contribution in [3.8, 4) is 0 Å². The summed E-state index contributed by atoms with van der Waals surface area (Å²) in [7, 11) is 0. The van der Waals surface area contributed by atoms with Crippen LogP contribution in [0.2, 0.25) is 0 Å². The summed E-state index contributed by atoms with van der Waals surface area (Å²) < 4.78 is 5.30. The number of fused-ring (bicyclic) bond motifs is 1. The predicted octanol–water partition coefficient (Wildman–Crippen LogP) is 1.60.